The number of thiazole rings is 1. The number of hydrogen-bond donors (Lipinski definition) is 4. The van der Waals surface area contributed by atoms with Gasteiger partial charge in [-0.3, -0.25) is 14.9 Å². The topological polar surface area (TPSA) is 112 Å². The lowest BCUT2D eigenvalue weighted by molar-refractivity contribution is -0.137. The molecule has 0 saturated heterocycles. The highest BCUT2D eigenvalue weighted by molar-refractivity contribution is 7.22. The molecule has 8 nitrogen and oxygen atoms in total. The Bertz CT molecular complexity index is 1820. The number of alkyl halides is 3. The minimum Gasteiger partial charge on any atom is -0.334 e. The smallest absolute Gasteiger partial charge is 0.334 e. The first-order valence-electron chi connectivity index (χ1n) is 13.0. The van der Waals surface area contributed by atoms with Gasteiger partial charge in [0.1, 0.15) is 0 Å². The monoisotopic (exact) mass is 603 g/mol. The Morgan fingerprint density at radius 3 is 2.30 bits per heavy atom. The highest BCUT2D eigenvalue weighted by Gasteiger charge is 2.31. The predicted molar refractivity (Wildman–Crippen MR) is 160 cm³/mol. The summed E-state index contributed by atoms with van der Waals surface area (Å²) in [5.41, 5.74) is 2.24. The van der Waals surface area contributed by atoms with Gasteiger partial charge >= 0.3 is 12.2 Å². The summed E-state index contributed by atoms with van der Waals surface area (Å²) < 4.78 is 39.8. The van der Waals surface area contributed by atoms with Crippen LogP contribution in [0.4, 0.5) is 34.5 Å². The first kappa shape index (κ1) is 29.3. The molecule has 4 N–H and O–H groups in total. The van der Waals surface area contributed by atoms with E-state index in [0.717, 1.165) is 23.8 Å². The molecule has 0 bridgehead atoms. The van der Waals surface area contributed by atoms with Crippen LogP contribution in [0, 0.1) is 6.92 Å². The zero-order chi connectivity index (χ0) is 30.6. The number of nitrogens with one attached hydrogen (secondary N) is 4. The zero-order valence-electron chi connectivity index (χ0n) is 22.6. The van der Waals surface area contributed by atoms with Crippen molar-refractivity contribution in [2.45, 2.75) is 19.6 Å². The maximum absolute atomic E-state index is 13.1. The largest absolute Gasteiger partial charge is 0.416 e. The van der Waals surface area contributed by atoms with Gasteiger partial charge < -0.3 is 16.0 Å². The van der Waals surface area contributed by atoms with Crippen molar-refractivity contribution >= 4 is 55.9 Å². The highest BCUT2D eigenvalue weighted by atomic mass is 32.1. The number of nitrogens with zero attached hydrogens (tertiary/aromatic N) is 1. The fourth-order valence-corrected chi connectivity index (χ4v) is 5.01. The van der Waals surface area contributed by atoms with Crippen molar-refractivity contribution in [1.82, 2.24) is 10.3 Å². The van der Waals surface area contributed by atoms with E-state index >= 15 is 0 Å². The Morgan fingerprint density at radius 2 is 1.53 bits per heavy atom. The van der Waals surface area contributed by atoms with Gasteiger partial charge in [0.15, 0.2) is 5.13 Å². The summed E-state index contributed by atoms with van der Waals surface area (Å²) in [6, 6.07) is 22.9. The van der Waals surface area contributed by atoms with Crippen LogP contribution in [0.3, 0.4) is 0 Å². The SMILES string of the molecule is Cc1ccc(NC(=O)c2cccc(C(F)(F)F)c2)cc1NC(=O)c1ccc2nc(NC(=O)NCc3ccccc3)sc2c1. The van der Waals surface area contributed by atoms with Crippen molar-refractivity contribution in [1.29, 1.82) is 0 Å². The molecule has 0 aliphatic carbocycles. The first-order chi connectivity index (χ1) is 20.5. The van der Waals surface area contributed by atoms with Crippen LogP contribution in [0.2, 0.25) is 0 Å². The number of carbonyl (C=O) groups is 3. The molecule has 218 valence electrons. The molecule has 5 rings (SSSR count). The third-order valence-electron chi connectivity index (χ3n) is 6.36. The molecule has 12 heteroatoms. The van der Waals surface area contributed by atoms with E-state index in [1.807, 2.05) is 30.3 Å². The van der Waals surface area contributed by atoms with Gasteiger partial charge in [-0.2, -0.15) is 13.2 Å². The lowest BCUT2D eigenvalue weighted by Crippen LogP contribution is -2.28. The number of rotatable bonds is 7. The van der Waals surface area contributed by atoms with Gasteiger partial charge in [0.05, 0.1) is 15.8 Å². The zero-order valence-corrected chi connectivity index (χ0v) is 23.4. The van der Waals surface area contributed by atoms with E-state index in [4.69, 9.17) is 0 Å². The Hall–Kier alpha value is -5.23. The maximum atomic E-state index is 13.1. The van der Waals surface area contributed by atoms with Crippen LogP contribution in [0.25, 0.3) is 10.2 Å². The van der Waals surface area contributed by atoms with Crippen molar-refractivity contribution in [2.24, 2.45) is 0 Å². The van der Waals surface area contributed by atoms with Crippen LogP contribution < -0.4 is 21.3 Å². The standard InChI is InChI=1S/C31H24F3N5O3S/c1-18-10-12-23(36-27(40)20-8-5-9-22(14-20)31(32,33)34)16-25(18)37-28(41)21-11-13-24-26(15-21)43-30(38-24)39-29(42)35-17-19-6-3-2-4-7-19/h2-16H,17H2,1H3,(H,36,40)(H,37,41)(H2,35,38,39,42). The Labute approximate surface area is 248 Å². The van der Waals surface area contributed by atoms with E-state index in [-0.39, 0.29) is 5.56 Å². The molecular weight excluding hydrogens is 579 g/mol. The summed E-state index contributed by atoms with van der Waals surface area (Å²) in [6.45, 7) is 2.12. The molecule has 0 radical (unpaired) electrons. The number of aryl methyl sites for hydroxylation is 1. The summed E-state index contributed by atoms with van der Waals surface area (Å²) in [7, 11) is 0. The molecule has 0 unspecified atom stereocenters. The Kier molecular flexibility index (Phi) is 8.39. The van der Waals surface area contributed by atoms with Crippen LogP contribution in [0.15, 0.2) is 91.0 Å². The second kappa shape index (κ2) is 12.3. The van der Waals surface area contributed by atoms with Crippen molar-refractivity contribution < 1.29 is 27.6 Å². The molecule has 1 aromatic heterocycles. The average molecular weight is 604 g/mol. The number of aromatic nitrogens is 1. The fourth-order valence-electron chi connectivity index (χ4n) is 4.11. The molecule has 0 aliphatic heterocycles. The molecule has 5 aromatic rings. The predicted octanol–water partition coefficient (Wildman–Crippen LogP) is 7.45. The Balaban J connectivity index is 1.24. The second-order valence-corrected chi connectivity index (χ2v) is 10.5. The average Bonchev–Trinajstić information content (AvgIpc) is 3.39. The van der Waals surface area contributed by atoms with Gasteiger partial charge in [-0.25, -0.2) is 9.78 Å². The van der Waals surface area contributed by atoms with E-state index in [9.17, 15) is 27.6 Å². The van der Waals surface area contributed by atoms with E-state index in [1.165, 1.54) is 23.5 Å². The number of urea groups is 1. The third kappa shape index (κ3) is 7.35. The highest BCUT2D eigenvalue weighted by Crippen LogP contribution is 2.30. The van der Waals surface area contributed by atoms with Gasteiger partial charge in [-0.15, -0.1) is 0 Å². The molecule has 4 amide bonds. The minimum atomic E-state index is -4.57. The molecular formula is C31H24F3N5O3S. The summed E-state index contributed by atoms with van der Waals surface area (Å²) in [4.78, 5) is 42.4. The van der Waals surface area contributed by atoms with E-state index in [0.29, 0.717) is 44.4 Å². The van der Waals surface area contributed by atoms with Crippen molar-refractivity contribution in [3.05, 3.63) is 119 Å². The molecule has 4 aromatic carbocycles. The fraction of sp³-hybridized carbons (Fsp3) is 0.0968. The van der Waals surface area contributed by atoms with Crippen molar-refractivity contribution in [3.63, 3.8) is 0 Å². The van der Waals surface area contributed by atoms with Crippen LogP contribution in [0.5, 0.6) is 0 Å². The summed E-state index contributed by atoms with van der Waals surface area (Å²) in [5, 5.41) is 11.2. The minimum absolute atomic E-state index is 0.151. The molecule has 0 aliphatic rings. The molecule has 43 heavy (non-hydrogen) atoms. The summed E-state index contributed by atoms with van der Waals surface area (Å²) >= 11 is 1.22. The number of hydrogen-bond acceptors (Lipinski definition) is 5. The number of anilines is 3. The number of amides is 4. The summed E-state index contributed by atoms with van der Waals surface area (Å²) in [6.07, 6.45) is -4.57. The maximum Gasteiger partial charge on any atom is 0.416 e. The van der Waals surface area contributed by atoms with Gasteiger partial charge in [-0.1, -0.05) is 53.8 Å². The van der Waals surface area contributed by atoms with Crippen LogP contribution in [0.1, 0.15) is 37.4 Å². The van der Waals surface area contributed by atoms with Crippen molar-refractivity contribution in [3.8, 4) is 0 Å². The van der Waals surface area contributed by atoms with Crippen LogP contribution in [-0.2, 0) is 12.7 Å². The molecule has 0 saturated carbocycles. The van der Waals surface area contributed by atoms with E-state index in [2.05, 4.69) is 26.3 Å². The molecule has 0 fully saturated rings. The quantitative estimate of drug-likeness (QED) is 0.155. The van der Waals surface area contributed by atoms with Gasteiger partial charge in [0, 0.05) is 29.0 Å². The van der Waals surface area contributed by atoms with Gasteiger partial charge in [0.25, 0.3) is 11.8 Å². The van der Waals surface area contributed by atoms with E-state index in [1.54, 1.807) is 37.3 Å². The molecule has 0 spiro atoms. The van der Waals surface area contributed by atoms with Gasteiger partial charge in [-0.05, 0) is 66.6 Å². The normalized spacial score (nSPS) is 11.2. The van der Waals surface area contributed by atoms with Crippen molar-refractivity contribution in [2.75, 3.05) is 16.0 Å². The number of fused-ring (bicyclic) bond motifs is 1. The molecule has 1 heterocycles. The van der Waals surface area contributed by atoms with Crippen LogP contribution in [-0.4, -0.2) is 22.8 Å². The lowest BCUT2D eigenvalue weighted by atomic mass is 10.1. The second-order valence-electron chi connectivity index (χ2n) is 9.51. The summed E-state index contributed by atoms with van der Waals surface area (Å²) in [5.74, 6) is -1.14. The lowest BCUT2D eigenvalue weighted by Gasteiger charge is -2.13. The number of carbonyl (C=O) groups excluding carboxylic acids is 3. The Morgan fingerprint density at radius 1 is 0.791 bits per heavy atom. The van der Waals surface area contributed by atoms with Crippen LogP contribution >= 0.6 is 11.3 Å². The number of benzene rings is 4. The first-order valence-corrected chi connectivity index (χ1v) is 13.8. The van der Waals surface area contributed by atoms with Gasteiger partial charge in [0.2, 0.25) is 0 Å². The molecule has 0 atom stereocenters. The third-order valence-corrected chi connectivity index (χ3v) is 7.30. The number of halogens is 3. The van der Waals surface area contributed by atoms with E-state index < -0.39 is 29.6 Å².